The van der Waals surface area contributed by atoms with E-state index in [2.05, 4.69) is 10.0 Å². The van der Waals surface area contributed by atoms with Crippen LogP contribution in [0.5, 0.6) is 0 Å². The first kappa shape index (κ1) is 16.5. The molecule has 0 fully saturated rings. The quantitative estimate of drug-likeness (QED) is 0.476. The molecule has 1 heterocycles. The number of rotatable bonds is 3. The Labute approximate surface area is 145 Å². The van der Waals surface area contributed by atoms with E-state index in [9.17, 15) is 9.59 Å². The molecule has 126 valence electrons. The van der Waals surface area contributed by atoms with Gasteiger partial charge in [0.1, 0.15) is 0 Å². The average Bonchev–Trinajstić information content (AvgIpc) is 2.64. The minimum absolute atomic E-state index is 0.113. The number of nitrogens with zero attached hydrogens (tertiary/aromatic N) is 5. The van der Waals surface area contributed by atoms with Crippen molar-refractivity contribution in [3.63, 3.8) is 0 Å². The molecule has 7 heteroatoms. The number of hydrogen-bond acceptors (Lipinski definition) is 2. The smallest absolute Gasteiger partial charge is 0.321 e. The number of carbonyl (C=O) groups is 2. The molecule has 0 spiro atoms. The molecule has 7 nitrogen and oxygen atoms in total. The second-order valence-corrected chi connectivity index (χ2v) is 5.91. The summed E-state index contributed by atoms with van der Waals surface area (Å²) in [6.07, 6.45) is 0. The molecule has 2 aromatic rings. The Morgan fingerprint density at radius 3 is 2.64 bits per heavy atom. The fourth-order valence-electron chi connectivity index (χ4n) is 2.95. The lowest BCUT2D eigenvalue weighted by molar-refractivity contribution is 0.1000. The molecule has 0 saturated heterocycles. The van der Waals surface area contributed by atoms with Crippen LogP contribution in [0.15, 0.2) is 53.6 Å². The van der Waals surface area contributed by atoms with Crippen molar-refractivity contribution in [1.82, 2.24) is 4.90 Å². The Kier molecular flexibility index (Phi) is 4.41. The third-order valence-corrected chi connectivity index (χ3v) is 4.45. The van der Waals surface area contributed by atoms with Gasteiger partial charge in [-0.05, 0) is 34.8 Å². The molecule has 3 amide bonds. The van der Waals surface area contributed by atoms with Gasteiger partial charge in [0.05, 0.1) is 18.3 Å². The second-order valence-electron chi connectivity index (χ2n) is 5.91. The van der Waals surface area contributed by atoms with Gasteiger partial charge in [-0.15, -0.1) is 0 Å². The molecule has 1 atom stereocenters. The number of benzene rings is 2. The lowest BCUT2D eigenvalue weighted by atomic mass is 9.98. The van der Waals surface area contributed by atoms with E-state index in [1.54, 1.807) is 35.0 Å². The van der Waals surface area contributed by atoms with Crippen molar-refractivity contribution in [1.29, 1.82) is 0 Å². The summed E-state index contributed by atoms with van der Waals surface area (Å²) in [4.78, 5) is 30.5. The first-order valence-electron chi connectivity index (χ1n) is 7.84. The molecule has 0 N–H and O–H groups in total. The van der Waals surface area contributed by atoms with Gasteiger partial charge in [-0.25, -0.2) is 4.79 Å². The zero-order valence-corrected chi connectivity index (χ0v) is 14.0. The molecule has 3 rings (SSSR count). The molecule has 0 radical (unpaired) electrons. The molecule has 1 aliphatic rings. The van der Waals surface area contributed by atoms with Crippen molar-refractivity contribution >= 4 is 17.6 Å². The van der Waals surface area contributed by atoms with Crippen LogP contribution < -0.4 is 4.90 Å². The SMILES string of the molecule is C[C@H]1c2ccc(C(=O)N=[N+]=[N-])cc2N(Cc2ccccc2)C(=O)N1C. The lowest BCUT2D eigenvalue weighted by Gasteiger charge is -2.39. The maximum Gasteiger partial charge on any atom is 0.325 e. The van der Waals surface area contributed by atoms with Crippen LogP contribution in [0.1, 0.15) is 34.5 Å². The fraction of sp³-hybridized carbons (Fsp3) is 0.222. The maximum absolute atomic E-state index is 12.8. The van der Waals surface area contributed by atoms with Crippen LogP contribution in [0.2, 0.25) is 0 Å². The Morgan fingerprint density at radius 1 is 1.24 bits per heavy atom. The largest absolute Gasteiger partial charge is 0.325 e. The Balaban J connectivity index is 2.08. The summed E-state index contributed by atoms with van der Waals surface area (Å²) in [6.45, 7) is 2.33. The van der Waals surface area contributed by atoms with E-state index in [0.717, 1.165) is 11.1 Å². The van der Waals surface area contributed by atoms with Gasteiger partial charge in [-0.1, -0.05) is 42.5 Å². The monoisotopic (exact) mass is 335 g/mol. The predicted octanol–water partition coefficient (Wildman–Crippen LogP) is 4.27. The highest BCUT2D eigenvalue weighted by Gasteiger charge is 2.33. The van der Waals surface area contributed by atoms with Crippen LogP contribution in [0.25, 0.3) is 10.4 Å². The highest BCUT2D eigenvalue weighted by Crippen LogP contribution is 2.37. The van der Waals surface area contributed by atoms with E-state index in [4.69, 9.17) is 5.53 Å². The summed E-state index contributed by atoms with van der Waals surface area (Å²) >= 11 is 0. The third kappa shape index (κ3) is 3.05. The van der Waals surface area contributed by atoms with Crippen molar-refractivity contribution in [3.8, 4) is 0 Å². The molecule has 1 aliphatic heterocycles. The van der Waals surface area contributed by atoms with E-state index in [1.807, 2.05) is 37.3 Å². The molecule has 0 aliphatic carbocycles. The van der Waals surface area contributed by atoms with Gasteiger partial charge in [0.2, 0.25) is 5.91 Å². The third-order valence-electron chi connectivity index (χ3n) is 4.45. The highest BCUT2D eigenvalue weighted by molar-refractivity contribution is 6.00. The molecule has 0 unspecified atom stereocenters. The van der Waals surface area contributed by atoms with Crippen LogP contribution in [-0.2, 0) is 6.54 Å². The first-order chi connectivity index (χ1) is 12.0. The van der Waals surface area contributed by atoms with E-state index in [0.29, 0.717) is 12.2 Å². The Morgan fingerprint density at radius 2 is 1.96 bits per heavy atom. The van der Waals surface area contributed by atoms with Crippen LogP contribution in [-0.4, -0.2) is 23.9 Å². The van der Waals surface area contributed by atoms with Gasteiger partial charge < -0.3 is 4.90 Å². The summed E-state index contributed by atoms with van der Waals surface area (Å²) in [7, 11) is 1.76. The van der Waals surface area contributed by atoms with Crippen LogP contribution in [0.4, 0.5) is 10.5 Å². The van der Waals surface area contributed by atoms with Gasteiger partial charge in [0.15, 0.2) is 0 Å². The van der Waals surface area contributed by atoms with E-state index in [1.165, 1.54) is 0 Å². The summed E-state index contributed by atoms with van der Waals surface area (Å²) in [5, 5.41) is 3.13. The van der Waals surface area contributed by atoms with Crippen molar-refractivity contribution in [3.05, 3.63) is 75.7 Å². The number of hydrogen-bond donors (Lipinski definition) is 0. The number of urea groups is 1. The van der Waals surface area contributed by atoms with Gasteiger partial charge in [0, 0.05) is 17.5 Å². The molecule has 0 bridgehead atoms. The van der Waals surface area contributed by atoms with Crippen LogP contribution in [0, 0.1) is 0 Å². The Bertz CT molecular complexity index is 874. The van der Waals surface area contributed by atoms with Crippen LogP contribution in [0.3, 0.4) is 0 Å². The molecule has 0 aromatic heterocycles. The van der Waals surface area contributed by atoms with Gasteiger partial charge in [-0.3, -0.25) is 9.69 Å². The topological polar surface area (TPSA) is 89.4 Å². The van der Waals surface area contributed by atoms with Crippen molar-refractivity contribution in [2.45, 2.75) is 19.5 Å². The molecule has 2 aromatic carbocycles. The van der Waals surface area contributed by atoms with E-state index >= 15 is 0 Å². The first-order valence-corrected chi connectivity index (χ1v) is 7.84. The van der Waals surface area contributed by atoms with E-state index < -0.39 is 5.91 Å². The van der Waals surface area contributed by atoms with E-state index in [-0.39, 0.29) is 17.6 Å². The summed E-state index contributed by atoms with van der Waals surface area (Å²) in [5.74, 6) is -0.663. The molecule has 0 saturated carbocycles. The standard InChI is InChI=1S/C18H17N5O2/c1-12-15-9-8-14(17(24)20-21-19)10-16(15)23(18(25)22(12)2)11-13-6-4-3-5-7-13/h3-10,12H,11H2,1-2H3/t12-/m0/s1. The average molecular weight is 335 g/mol. The van der Waals surface area contributed by atoms with Crippen molar-refractivity contribution < 1.29 is 9.59 Å². The number of carbonyl (C=O) groups excluding carboxylic acids is 2. The van der Waals surface area contributed by atoms with Crippen molar-refractivity contribution in [2.24, 2.45) is 5.11 Å². The number of azide groups is 1. The zero-order valence-electron chi connectivity index (χ0n) is 14.0. The predicted molar refractivity (Wildman–Crippen MR) is 94.1 cm³/mol. The van der Waals surface area contributed by atoms with Gasteiger partial charge in [0.25, 0.3) is 0 Å². The zero-order chi connectivity index (χ0) is 18.0. The molecular weight excluding hydrogens is 318 g/mol. The van der Waals surface area contributed by atoms with Crippen LogP contribution >= 0.6 is 0 Å². The minimum Gasteiger partial charge on any atom is -0.321 e. The number of amides is 3. The summed E-state index contributed by atoms with van der Waals surface area (Å²) in [5.41, 5.74) is 11.3. The molecule has 25 heavy (non-hydrogen) atoms. The van der Waals surface area contributed by atoms with Gasteiger partial charge in [-0.2, -0.15) is 0 Å². The fourth-order valence-corrected chi connectivity index (χ4v) is 2.95. The highest BCUT2D eigenvalue weighted by atomic mass is 16.2. The Hall–Kier alpha value is -3.31. The minimum atomic E-state index is -0.663. The van der Waals surface area contributed by atoms with Gasteiger partial charge >= 0.3 is 6.03 Å². The second kappa shape index (κ2) is 6.67. The summed E-state index contributed by atoms with van der Waals surface area (Å²) in [6, 6.07) is 14.4. The lowest BCUT2D eigenvalue weighted by Crippen LogP contribution is -2.46. The molecular formula is C18H17N5O2. The van der Waals surface area contributed by atoms with Crippen molar-refractivity contribution in [2.75, 3.05) is 11.9 Å². The number of fused-ring (bicyclic) bond motifs is 1. The summed E-state index contributed by atoms with van der Waals surface area (Å²) < 4.78 is 0. The normalized spacial score (nSPS) is 16.2. The maximum atomic E-state index is 12.8. The number of anilines is 1.